The molecule has 0 spiro atoms. The molecule has 1 rings (SSSR count). The van der Waals surface area contributed by atoms with Gasteiger partial charge in [-0.1, -0.05) is 23.8 Å². The zero-order valence-electron chi connectivity index (χ0n) is 5.22. The maximum Gasteiger partial charge on any atom is 0.326 e. The Hall–Kier alpha value is -0.610. The van der Waals surface area contributed by atoms with Crippen molar-refractivity contribution < 1.29 is 0 Å². The third-order valence-corrected chi connectivity index (χ3v) is 1.79. The third kappa shape index (κ3) is 1.27. The summed E-state index contributed by atoms with van der Waals surface area (Å²) < 4.78 is 1.61. The summed E-state index contributed by atoms with van der Waals surface area (Å²) >= 11 is 10.3. The zero-order valence-corrected chi connectivity index (χ0v) is 6.79. The SMILES string of the molecule is Cn1cc(Cl)c(=S)[nH]c1=O. The normalized spacial score (nSPS) is 9.80. The number of halogens is 1. The lowest BCUT2D eigenvalue weighted by molar-refractivity contribution is 0.806. The van der Waals surface area contributed by atoms with Gasteiger partial charge < -0.3 is 4.57 Å². The molecule has 3 nitrogen and oxygen atoms in total. The molecule has 0 atom stereocenters. The van der Waals surface area contributed by atoms with E-state index in [4.69, 9.17) is 23.8 Å². The number of aromatic amines is 1. The van der Waals surface area contributed by atoms with Gasteiger partial charge in [-0.05, 0) is 0 Å². The number of hydrogen-bond acceptors (Lipinski definition) is 2. The first-order chi connectivity index (χ1) is 4.61. The van der Waals surface area contributed by atoms with Gasteiger partial charge in [0.05, 0.1) is 5.02 Å². The number of aryl methyl sites for hydroxylation is 1. The van der Waals surface area contributed by atoms with Crippen molar-refractivity contribution >= 4 is 23.8 Å². The van der Waals surface area contributed by atoms with Crippen molar-refractivity contribution in [2.24, 2.45) is 7.05 Å². The fourth-order valence-corrected chi connectivity index (χ4v) is 0.866. The standard InChI is InChI=1S/C5H5ClN2OS/c1-8-2-3(6)4(10)7-5(8)9/h2H,1H3,(H,7,9,10). The summed E-state index contributed by atoms with van der Waals surface area (Å²) in [5, 5.41) is 0.386. The first-order valence-corrected chi connectivity index (χ1v) is 3.35. The molecule has 1 N–H and O–H groups in total. The molecule has 1 heterocycles. The summed E-state index contributed by atoms with van der Waals surface area (Å²) in [6.45, 7) is 0. The summed E-state index contributed by atoms with van der Waals surface area (Å²) in [6, 6.07) is 0. The Labute approximate surface area is 67.3 Å². The molecule has 0 aliphatic rings. The Morgan fingerprint density at radius 2 is 2.40 bits per heavy atom. The molecule has 1 aromatic heterocycles. The van der Waals surface area contributed by atoms with Gasteiger partial charge in [0.15, 0.2) is 0 Å². The Morgan fingerprint density at radius 3 is 2.90 bits per heavy atom. The van der Waals surface area contributed by atoms with Crippen molar-refractivity contribution in [3.63, 3.8) is 0 Å². The van der Waals surface area contributed by atoms with Crippen LogP contribution in [0.2, 0.25) is 5.02 Å². The molecule has 0 bridgehead atoms. The molecule has 0 radical (unpaired) electrons. The van der Waals surface area contributed by atoms with E-state index < -0.39 is 0 Å². The van der Waals surface area contributed by atoms with Crippen molar-refractivity contribution in [2.45, 2.75) is 0 Å². The smallest absolute Gasteiger partial charge is 0.302 e. The van der Waals surface area contributed by atoms with Crippen LogP contribution in [0.15, 0.2) is 11.0 Å². The average Bonchev–Trinajstić information content (AvgIpc) is 1.84. The van der Waals surface area contributed by atoms with Crippen molar-refractivity contribution in [1.82, 2.24) is 9.55 Å². The average molecular weight is 177 g/mol. The highest BCUT2D eigenvalue weighted by molar-refractivity contribution is 7.71. The summed E-state index contributed by atoms with van der Waals surface area (Å²) in [5.41, 5.74) is -0.255. The summed E-state index contributed by atoms with van der Waals surface area (Å²) in [6.07, 6.45) is 1.47. The van der Waals surface area contributed by atoms with E-state index in [0.29, 0.717) is 5.02 Å². The minimum Gasteiger partial charge on any atom is -0.302 e. The maximum absolute atomic E-state index is 10.8. The third-order valence-electron chi connectivity index (χ3n) is 1.06. The van der Waals surface area contributed by atoms with Gasteiger partial charge >= 0.3 is 5.69 Å². The van der Waals surface area contributed by atoms with E-state index in [1.54, 1.807) is 7.05 Å². The molecule has 0 aromatic carbocycles. The molecule has 0 amide bonds. The second-order valence-corrected chi connectivity index (χ2v) is 2.66. The highest BCUT2D eigenvalue weighted by atomic mass is 35.5. The lowest BCUT2D eigenvalue weighted by Crippen LogP contribution is -2.18. The van der Waals surface area contributed by atoms with Crippen LogP contribution < -0.4 is 5.69 Å². The van der Waals surface area contributed by atoms with Crippen LogP contribution in [0, 0.1) is 4.64 Å². The summed E-state index contributed by atoms with van der Waals surface area (Å²) in [5.74, 6) is 0. The van der Waals surface area contributed by atoms with Gasteiger partial charge in [-0.15, -0.1) is 0 Å². The number of hydrogen-bond donors (Lipinski definition) is 1. The second-order valence-electron chi connectivity index (χ2n) is 1.85. The number of rotatable bonds is 0. The number of aromatic nitrogens is 2. The molecule has 5 heteroatoms. The van der Waals surface area contributed by atoms with Crippen LogP contribution in [0.3, 0.4) is 0 Å². The van der Waals surface area contributed by atoms with Gasteiger partial charge in [0.2, 0.25) is 0 Å². The predicted octanol–water partition coefficient (Wildman–Crippen LogP) is 1.10. The Balaban J connectivity index is 3.59. The molecule has 0 aliphatic carbocycles. The van der Waals surface area contributed by atoms with Gasteiger partial charge in [-0.2, -0.15) is 0 Å². The fourth-order valence-electron chi connectivity index (χ4n) is 0.532. The molecule has 54 valence electrons. The Bertz CT molecular complexity index is 322. The maximum atomic E-state index is 10.8. The van der Waals surface area contributed by atoms with Crippen LogP contribution in [0.5, 0.6) is 0 Å². The van der Waals surface area contributed by atoms with Crippen LogP contribution in [0.25, 0.3) is 0 Å². The molecule has 0 fully saturated rings. The number of nitrogens with one attached hydrogen (secondary N) is 1. The van der Waals surface area contributed by atoms with E-state index in [1.165, 1.54) is 10.8 Å². The van der Waals surface area contributed by atoms with Gasteiger partial charge in [0, 0.05) is 13.2 Å². The first-order valence-electron chi connectivity index (χ1n) is 2.56. The summed E-state index contributed by atoms with van der Waals surface area (Å²) in [4.78, 5) is 13.2. The highest BCUT2D eigenvalue weighted by Crippen LogP contribution is 2.03. The van der Waals surface area contributed by atoms with E-state index in [-0.39, 0.29) is 10.3 Å². The van der Waals surface area contributed by atoms with E-state index in [2.05, 4.69) is 4.98 Å². The van der Waals surface area contributed by atoms with Crippen LogP contribution in [-0.4, -0.2) is 9.55 Å². The molecule has 10 heavy (non-hydrogen) atoms. The van der Waals surface area contributed by atoms with E-state index >= 15 is 0 Å². The van der Waals surface area contributed by atoms with E-state index in [0.717, 1.165) is 0 Å². The lowest BCUT2D eigenvalue weighted by Gasteiger charge is -1.94. The summed E-state index contributed by atoms with van der Waals surface area (Å²) in [7, 11) is 1.60. The molecular formula is C5H5ClN2OS. The minimum atomic E-state index is -0.255. The Kier molecular flexibility index (Phi) is 1.92. The highest BCUT2D eigenvalue weighted by Gasteiger charge is 1.93. The molecule has 1 aromatic rings. The lowest BCUT2D eigenvalue weighted by atomic mass is 10.6. The molecule has 0 unspecified atom stereocenters. The van der Waals surface area contributed by atoms with Crippen molar-refractivity contribution in [3.8, 4) is 0 Å². The van der Waals surface area contributed by atoms with Crippen molar-refractivity contribution in [3.05, 3.63) is 26.3 Å². The largest absolute Gasteiger partial charge is 0.326 e. The van der Waals surface area contributed by atoms with Crippen LogP contribution in [0.4, 0.5) is 0 Å². The van der Waals surface area contributed by atoms with Crippen molar-refractivity contribution in [1.29, 1.82) is 0 Å². The molecule has 0 saturated heterocycles. The minimum absolute atomic E-state index is 0.255. The quantitative estimate of drug-likeness (QED) is 0.601. The monoisotopic (exact) mass is 176 g/mol. The zero-order chi connectivity index (χ0) is 7.72. The molecule has 0 saturated carbocycles. The van der Waals surface area contributed by atoms with Crippen LogP contribution in [0.1, 0.15) is 0 Å². The number of H-pyrrole nitrogens is 1. The Morgan fingerprint density at radius 1 is 1.80 bits per heavy atom. The topological polar surface area (TPSA) is 37.8 Å². The first kappa shape index (κ1) is 7.50. The van der Waals surface area contributed by atoms with E-state index in [9.17, 15) is 4.79 Å². The molecular weight excluding hydrogens is 172 g/mol. The van der Waals surface area contributed by atoms with Crippen LogP contribution >= 0.6 is 23.8 Å². The molecule has 0 aliphatic heterocycles. The number of nitrogens with zero attached hydrogens (tertiary/aromatic N) is 1. The van der Waals surface area contributed by atoms with Gasteiger partial charge in [-0.25, -0.2) is 4.79 Å². The van der Waals surface area contributed by atoms with Gasteiger partial charge in [0.1, 0.15) is 4.64 Å². The van der Waals surface area contributed by atoms with Gasteiger partial charge in [0.25, 0.3) is 0 Å². The van der Waals surface area contributed by atoms with Crippen LogP contribution in [-0.2, 0) is 7.05 Å². The fraction of sp³-hybridized carbons (Fsp3) is 0.200. The van der Waals surface area contributed by atoms with Gasteiger partial charge in [-0.3, -0.25) is 4.98 Å². The predicted molar refractivity (Wildman–Crippen MR) is 41.9 cm³/mol. The van der Waals surface area contributed by atoms with E-state index in [1.807, 2.05) is 0 Å². The second kappa shape index (κ2) is 2.56. The van der Waals surface area contributed by atoms with Crippen molar-refractivity contribution in [2.75, 3.05) is 0 Å².